The Bertz CT molecular complexity index is 1050. The summed E-state index contributed by atoms with van der Waals surface area (Å²) in [6.45, 7) is 3.50. The zero-order valence-corrected chi connectivity index (χ0v) is 12.9. The van der Waals surface area contributed by atoms with Gasteiger partial charge >= 0.3 is 5.69 Å². The van der Waals surface area contributed by atoms with Crippen molar-refractivity contribution in [2.75, 3.05) is 5.73 Å². The monoisotopic (exact) mass is 317 g/mol. The van der Waals surface area contributed by atoms with Crippen LogP contribution in [0.2, 0.25) is 0 Å². The Balaban J connectivity index is 2.37. The lowest BCUT2D eigenvalue weighted by atomic mass is 10.2. The zero-order chi connectivity index (χ0) is 16.1. The molecule has 0 atom stereocenters. The predicted molar refractivity (Wildman–Crippen MR) is 85.5 cm³/mol. The maximum Gasteiger partial charge on any atom is 0.340 e. The van der Waals surface area contributed by atoms with Gasteiger partial charge in [-0.05, 0) is 49.2 Å². The second-order valence-electron chi connectivity index (χ2n) is 5.25. The van der Waals surface area contributed by atoms with Gasteiger partial charge in [-0.1, -0.05) is 12.1 Å². The highest BCUT2D eigenvalue weighted by atomic mass is 32.2. The highest BCUT2D eigenvalue weighted by Gasteiger charge is 2.24. The summed E-state index contributed by atoms with van der Waals surface area (Å²) in [6.07, 6.45) is 0. The van der Waals surface area contributed by atoms with E-state index in [2.05, 4.69) is 4.98 Å². The van der Waals surface area contributed by atoms with Gasteiger partial charge in [-0.25, -0.2) is 13.2 Å². The number of H-pyrrole nitrogens is 1. The number of aromatic amines is 1. The topological polar surface area (TPSA) is 98.0 Å². The number of nitrogens with one attached hydrogen (secondary N) is 1. The first kappa shape index (κ1) is 14.4. The largest absolute Gasteiger partial charge is 0.399 e. The van der Waals surface area contributed by atoms with Gasteiger partial charge in [0.05, 0.1) is 15.9 Å². The highest BCUT2D eigenvalue weighted by molar-refractivity contribution is 7.90. The summed E-state index contributed by atoms with van der Waals surface area (Å²) in [5, 5.41) is 0. The fourth-order valence-corrected chi connectivity index (χ4v) is 4.12. The summed E-state index contributed by atoms with van der Waals surface area (Å²) in [6, 6.07) is 9.72. The summed E-state index contributed by atoms with van der Waals surface area (Å²) in [7, 11) is -3.99. The third-order valence-corrected chi connectivity index (χ3v) is 5.37. The van der Waals surface area contributed by atoms with Gasteiger partial charge in [0.1, 0.15) is 0 Å². The van der Waals surface area contributed by atoms with Crippen molar-refractivity contribution in [1.29, 1.82) is 0 Å². The number of anilines is 1. The SMILES string of the molecule is Cc1ccc(C)c(S(=O)(=O)n2c(=O)[nH]c3cc(N)ccc32)c1. The van der Waals surface area contributed by atoms with Gasteiger partial charge < -0.3 is 10.7 Å². The molecule has 0 aliphatic carbocycles. The van der Waals surface area contributed by atoms with Crippen LogP contribution in [0, 0.1) is 13.8 Å². The number of nitrogens with zero attached hydrogens (tertiary/aromatic N) is 1. The molecule has 2 aromatic carbocycles. The smallest absolute Gasteiger partial charge is 0.340 e. The average molecular weight is 317 g/mol. The molecule has 6 nitrogen and oxygen atoms in total. The molecule has 3 N–H and O–H groups in total. The number of benzene rings is 2. The Hall–Kier alpha value is -2.54. The molecule has 0 saturated carbocycles. The first-order valence-electron chi connectivity index (χ1n) is 6.64. The first-order valence-corrected chi connectivity index (χ1v) is 8.08. The second kappa shape index (κ2) is 4.74. The summed E-state index contributed by atoms with van der Waals surface area (Å²) in [5.74, 6) is 0. The van der Waals surface area contributed by atoms with Crippen molar-refractivity contribution in [3.63, 3.8) is 0 Å². The molecule has 22 heavy (non-hydrogen) atoms. The van der Waals surface area contributed by atoms with Crippen LogP contribution in [0.15, 0.2) is 46.1 Å². The number of aryl methyl sites for hydroxylation is 2. The van der Waals surface area contributed by atoms with Crippen LogP contribution in [-0.2, 0) is 10.0 Å². The Morgan fingerprint density at radius 2 is 1.82 bits per heavy atom. The molecule has 1 heterocycles. The van der Waals surface area contributed by atoms with E-state index in [0.29, 0.717) is 16.8 Å². The lowest BCUT2D eigenvalue weighted by molar-refractivity contribution is 0.586. The molecule has 0 saturated heterocycles. The summed E-state index contributed by atoms with van der Waals surface area (Å²) in [5.41, 5.74) is 7.47. The molecule has 0 radical (unpaired) electrons. The third-order valence-electron chi connectivity index (χ3n) is 3.53. The van der Waals surface area contributed by atoms with E-state index in [1.807, 2.05) is 6.07 Å². The number of imidazole rings is 1. The predicted octanol–water partition coefficient (Wildman–Crippen LogP) is 1.77. The van der Waals surface area contributed by atoms with Crippen molar-refractivity contribution in [2.24, 2.45) is 0 Å². The van der Waals surface area contributed by atoms with E-state index in [4.69, 9.17) is 5.73 Å². The van der Waals surface area contributed by atoms with Crippen molar-refractivity contribution in [2.45, 2.75) is 18.7 Å². The van der Waals surface area contributed by atoms with Crippen molar-refractivity contribution >= 4 is 26.7 Å². The minimum absolute atomic E-state index is 0.118. The van der Waals surface area contributed by atoms with Crippen LogP contribution in [0.1, 0.15) is 11.1 Å². The fourth-order valence-electron chi connectivity index (χ4n) is 2.43. The minimum Gasteiger partial charge on any atom is -0.399 e. The van der Waals surface area contributed by atoms with Gasteiger partial charge in [-0.2, -0.15) is 3.97 Å². The van der Waals surface area contributed by atoms with E-state index < -0.39 is 15.7 Å². The van der Waals surface area contributed by atoms with Crippen molar-refractivity contribution < 1.29 is 8.42 Å². The molecule has 0 aliphatic heterocycles. The molecule has 0 bridgehead atoms. The number of nitrogen functional groups attached to an aromatic ring is 1. The number of fused-ring (bicyclic) bond motifs is 1. The van der Waals surface area contributed by atoms with E-state index in [0.717, 1.165) is 9.54 Å². The van der Waals surface area contributed by atoms with Gasteiger partial charge in [-0.15, -0.1) is 0 Å². The molecule has 7 heteroatoms. The third kappa shape index (κ3) is 2.10. The molecule has 3 rings (SSSR count). The van der Waals surface area contributed by atoms with E-state index >= 15 is 0 Å². The van der Waals surface area contributed by atoms with E-state index in [9.17, 15) is 13.2 Å². The van der Waals surface area contributed by atoms with Crippen LogP contribution in [0.5, 0.6) is 0 Å². The molecule has 0 unspecified atom stereocenters. The number of rotatable bonds is 2. The van der Waals surface area contributed by atoms with E-state index in [1.54, 1.807) is 32.0 Å². The average Bonchev–Trinajstić information content (AvgIpc) is 2.76. The zero-order valence-electron chi connectivity index (χ0n) is 12.1. The second-order valence-corrected chi connectivity index (χ2v) is 7.00. The van der Waals surface area contributed by atoms with Crippen molar-refractivity contribution in [1.82, 2.24) is 8.96 Å². The Morgan fingerprint density at radius 1 is 1.09 bits per heavy atom. The summed E-state index contributed by atoms with van der Waals surface area (Å²) in [4.78, 5) is 14.8. The van der Waals surface area contributed by atoms with Gasteiger partial charge in [0.25, 0.3) is 10.0 Å². The molecule has 1 aromatic heterocycles. The standard InChI is InChI=1S/C15H15N3O3S/c1-9-3-4-10(2)14(7-9)22(20,21)18-13-6-5-11(16)8-12(13)17-15(18)19/h3-8H,16H2,1-2H3,(H,17,19). The lowest BCUT2D eigenvalue weighted by Gasteiger charge is -2.09. The number of nitrogens with two attached hydrogens (primary N) is 1. The number of hydrogen-bond donors (Lipinski definition) is 2. The van der Waals surface area contributed by atoms with Crippen LogP contribution in [0.4, 0.5) is 5.69 Å². The van der Waals surface area contributed by atoms with Gasteiger partial charge in [-0.3, -0.25) is 0 Å². The Labute approximate surface area is 127 Å². The molecule has 3 aromatic rings. The van der Waals surface area contributed by atoms with Crippen LogP contribution >= 0.6 is 0 Å². The van der Waals surface area contributed by atoms with Crippen LogP contribution in [0.25, 0.3) is 11.0 Å². The lowest BCUT2D eigenvalue weighted by Crippen LogP contribution is -2.25. The van der Waals surface area contributed by atoms with E-state index in [1.165, 1.54) is 12.1 Å². The number of aromatic nitrogens is 2. The van der Waals surface area contributed by atoms with Gasteiger partial charge in [0.2, 0.25) is 0 Å². The fraction of sp³-hybridized carbons (Fsp3) is 0.133. The molecule has 0 spiro atoms. The highest BCUT2D eigenvalue weighted by Crippen LogP contribution is 2.23. The van der Waals surface area contributed by atoms with Gasteiger partial charge in [0.15, 0.2) is 0 Å². The minimum atomic E-state index is -3.99. The number of hydrogen-bond acceptors (Lipinski definition) is 4. The molecule has 0 aliphatic rings. The normalized spacial score (nSPS) is 11.9. The van der Waals surface area contributed by atoms with Crippen LogP contribution < -0.4 is 11.4 Å². The van der Waals surface area contributed by atoms with Crippen LogP contribution in [-0.4, -0.2) is 17.4 Å². The summed E-state index contributed by atoms with van der Waals surface area (Å²) < 4.78 is 26.6. The molecule has 0 fully saturated rings. The summed E-state index contributed by atoms with van der Waals surface area (Å²) >= 11 is 0. The quantitative estimate of drug-likeness (QED) is 0.704. The Morgan fingerprint density at radius 3 is 2.55 bits per heavy atom. The maximum atomic E-state index is 12.9. The van der Waals surface area contributed by atoms with Crippen molar-refractivity contribution in [3.8, 4) is 0 Å². The Kier molecular flexibility index (Phi) is 3.10. The van der Waals surface area contributed by atoms with Crippen LogP contribution in [0.3, 0.4) is 0 Å². The van der Waals surface area contributed by atoms with Crippen molar-refractivity contribution in [3.05, 3.63) is 58.0 Å². The maximum absolute atomic E-state index is 12.9. The van der Waals surface area contributed by atoms with E-state index in [-0.39, 0.29) is 10.4 Å². The molecule has 114 valence electrons. The first-order chi connectivity index (χ1) is 10.3. The van der Waals surface area contributed by atoms with Gasteiger partial charge in [0, 0.05) is 5.69 Å². The molecule has 0 amide bonds. The molecular formula is C15H15N3O3S. The molecular weight excluding hydrogens is 302 g/mol.